The van der Waals surface area contributed by atoms with Crippen LogP contribution in [0.5, 0.6) is 0 Å². The fourth-order valence-corrected chi connectivity index (χ4v) is 3.77. The quantitative estimate of drug-likeness (QED) is 0.358. The molecule has 12 heteroatoms. The minimum absolute atomic E-state index is 0.155. The molecule has 34 heavy (non-hydrogen) atoms. The number of aromatic amines is 1. The number of halogens is 1. The molecule has 11 nitrogen and oxygen atoms in total. The van der Waals surface area contributed by atoms with Gasteiger partial charge in [-0.05, 0) is 37.4 Å². The zero-order chi connectivity index (χ0) is 24.0. The van der Waals surface area contributed by atoms with Gasteiger partial charge in [-0.3, -0.25) is 14.5 Å². The second-order valence-corrected chi connectivity index (χ2v) is 7.83. The van der Waals surface area contributed by atoms with Crippen LogP contribution >= 0.6 is 0 Å². The number of H-pyrrole nitrogens is 1. The molecule has 4 heterocycles. The van der Waals surface area contributed by atoms with Crippen LogP contribution in [-0.4, -0.2) is 34.9 Å². The van der Waals surface area contributed by atoms with E-state index in [-0.39, 0.29) is 17.1 Å². The molecule has 0 aliphatic rings. The summed E-state index contributed by atoms with van der Waals surface area (Å²) in [7, 11) is 0. The van der Waals surface area contributed by atoms with E-state index in [0.717, 1.165) is 5.69 Å². The van der Waals surface area contributed by atoms with Gasteiger partial charge in [0.05, 0.1) is 17.1 Å². The zero-order valence-corrected chi connectivity index (χ0v) is 18.5. The van der Waals surface area contributed by atoms with Crippen molar-refractivity contribution < 1.29 is 8.81 Å². The van der Waals surface area contributed by atoms with Gasteiger partial charge < -0.3 is 15.5 Å². The number of pyridine rings is 1. The number of benzene rings is 1. The number of aryl methyl sites for hydroxylation is 2. The average molecular weight is 461 g/mol. The molecular weight excluding hydrogens is 441 g/mol. The Kier molecular flexibility index (Phi) is 5.04. The highest BCUT2D eigenvalue weighted by atomic mass is 19.1. The number of hydrogen-bond donors (Lipinski definition) is 3. The maximum atomic E-state index is 13.9. The second-order valence-electron chi connectivity index (χ2n) is 7.83. The molecule has 172 valence electrons. The summed E-state index contributed by atoms with van der Waals surface area (Å²) >= 11 is 0. The number of hydrogen-bond acceptors (Lipinski definition) is 9. The molecule has 0 amide bonds. The molecule has 5 rings (SSSR count). The van der Waals surface area contributed by atoms with Crippen LogP contribution in [0.4, 0.5) is 16.0 Å². The predicted octanol–water partition coefficient (Wildman–Crippen LogP) is 3.07. The van der Waals surface area contributed by atoms with Crippen LogP contribution < -0.4 is 16.6 Å². The van der Waals surface area contributed by atoms with Gasteiger partial charge in [0.2, 0.25) is 5.89 Å². The summed E-state index contributed by atoms with van der Waals surface area (Å²) in [5.74, 6) is 0.917. The Labute approximate surface area is 191 Å². The SMILES string of the molecule is Cc1cc(-n2c(C(C)Nc3ncnc(N)c3-c3nnc(C)o3)cc3ccc(F)cc3c2=O)n[nH]1. The van der Waals surface area contributed by atoms with E-state index in [0.29, 0.717) is 34.2 Å². The number of nitrogen functional groups attached to an aromatic ring is 1. The first kappa shape index (κ1) is 21.2. The third kappa shape index (κ3) is 3.64. The lowest BCUT2D eigenvalue weighted by Crippen LogP contribution is -2.26. The monoisotopic (exact) mass is 461 g/mol. The van der Waals surface area contributed by atoms with E-state index in [4.69, 9.17) is 10.2 Å². The summed E-state index contributed by atoms with van der Waals surface area (Å²) in [6.45, 7) is 5.34. The molecule has 0 radical (unpaired) electrons. The number of anilines is 2. The fraction of sp³-hybridized carbons (Fsp3) is 0.182. The largest absolute Gasteiger partial charge is 0.421 e. The van der Waals surface area contributed by atoms with Gasteiger partial charge in [0.1, 0.15) is 29.3 Å². The van der Waals surface area contributed by atoms with Gasteiger partial charge in [0.25, 0.3) is 11.4 Å². The van der Waals surface area contributed by atoms with Crippen LogP contribution in [0.1, 0.15) is 30.2 Å². The number of nitrogens with two attached hydrogens (primary N) is 1. The van der Waals surface area contributed by atoms with Gasteiger partial charge >= 0.3 is 0 Å². The van der Waals surface area contributed by atoms with Crippen molar-refractivity contribution in [2.24, 2.45) is 0 Å². The Morgan fingerprint density at radius 1 is 1.18 bits per heavy atom. The Morgan fingerprint density at radius 3 is 2.71 bits per heavy atom. The molecule has 0 bridgehead atoms. The first-order valence-electron chi connectivity index (χ1n) is 10.4. The standard InChI is InChI=1S/C22H20FN9O2/c1-10-6-17(30-28-10)32-16(7-13-4-5-14(23)8-15(13)22(32)33)11(2)27-20-18(19(24)25-9-26-20)21-31-29-12(3)34-21/h4-9,11H,1-3H3,(H,28,30)(H3,24,25,26,27). The molecule has 0 saturated carbocycles. The van der Waals surface area contributed by atoms with E-state index in [1.54, 1.807) is 25.1 Å². The van der Waals surface area contributed by atoms with Crippen molar-refractivity contribution >= 4 is 22.4 Å². The predicted molar refractivity (Wildman–Crippen MR) is 123 cm³/mol. The lowest BCUT2D eigenvalue weighted by molar-refractivity contribution is 0.532. The molecule has 0 spiro atoms. The maximum Gasteiger partial charge on any atom is 0.264 e. The number of rotatable bonds is 5. The zero-order valence-electron chi connectivity index (χ0n) is 18.5. The van der Waals surface area contributed by atoms with Crippen molar-refractivity contribution in [2.45, 2.75) is 26.8 Å². The van der Waals surface area contributed by atoms with E-state index in [1.807, 2.05) is 13.8 Å². The van der Waals surface area contributed by atoms with Crippen LogP contribution in [0.2, 0.25) is 0 Å². The Bertz CT molecular complexity index is 1590. The second kappa shape index (κ2) is 8.06. The average Bonchev–Trinajstić information content (AvgIpc) is 3.42. The number of nitrogens with one attached hydrogen (secondary N) is 2. The van der Waals surface area contributed by atoms with Gasteiger partial charge in [-0.1, -0.05) is 6.07 Å². The van der Waals surface area contributed by atoms with Crippen LogP contribution in [0.15, 0.2) is 45.9 Å². The molecule has 5 aromatic rings. The van der Waals surface area contributed by atoms with Crippen LogP contribution in [-0.2, 0) is 0 Å². The summed E-state index contributed by atoms with van der Waals surface area (Å²) in [5.41, 5.74) is 7.38. The van der Waals surface area contributed by atoms with E-state index in [9.17, 15) is 9.18 Å². The lowest BCUT2D eigenvalue weighted by atomic mass is 10.1. The van der Waals surface area contributed by atoms with Gasteiger partial charge in [-0.2, -0.15) is 5.10 Å². The minimum atomic E-state index is -0.496. The maximum absolute atomic E-state index is 13.9. The molecule has 0 fully saturated rings. The Balaban J connectivity index is 1.66. The highest BCUT2D eigenvalue weighted by Gasteiger charge is 2.22. The first-order chi connectivity index (χ1) is 16.3. The topological polar surface area (TPSA) is 153 Å². The van der Waals surface area contributed by atoms with Gasteiger partial charge in [-0.15, -0.1) is 10.2 Å². The summed E-state index contributed by atoms with van der Waals surface area (Å²) in [6, 6.07) is 7.16. The molecule has 0 saturated heterocycles. The van der Waals surface area contributed by atoms with E-state index in [2.05, 4.69) is 35.7 Å². The van der Waals surface area contributed by atoms with E-state index >= 15 is 0 Å². The van der Waals surface area contributed by atoms with Crippen LogP contribution in [0.25, 0.3) is 28.0 Å². The van der Waals surface area contributed by atoms with Crippen molar-refractivity contribution in [2.75, 3.05) is 11.1 Å². The van der Waals surface area contributed by atoms with E-state index in [1.165, 1.54) is 23.0 Å². The number of fused-ring (bicyclic) bond motifs is 1. The minimum Gasteiger partial charge on any atom is -0.421 e. The fourth-order valence-electron chi connectivity index (χ4n) is 3.77. The first-order valence-corrected chi connectivity index (χ1v) is 10.4. The van der Waals surface area contributed by atoms with Crippen molar-refractivity contribution in [1.82, 2.24) is 34.9 Å². The van der Waals surface area contributed by atoms with Crippen molar-refractivity contribution in [3.8, 4) is 17.3 Å². The molecule has 1 unspecified atom stereocenters. The summed E-state index contributed by atoms with van der Waals surface area (Å²) in [5, 5.41) is 19.1. The molecule has 4 N–H and O–H groups in total. The molecule has 1 atom stereocenters. The molecule has 0 aliphatic carbocycles. The Hall–Kier alpha value is -4.61. The van der Waals surface area contributed by atoms with E-state index < -0.39 is 17.4 Å². The summed E-state index contributed by atoms with van der Waals surface area (Å²) in [4.78, 5) is 21.8. The van der Waals surface area contributed by atoms with Gasteiger partial charge in [0.15, 0.2) is 5.82 Å². The molecule has 1 aromatic carbocycles. The third-order valence-corrected chi connectivity index (χ3v) is 5.35. The van der Waals surface area contributed by atoms with Crippen LogP contribution in [0, 0.1) is 19.7 Å². The Morgan fingerprint density at radius 2 is 2.00 bits per heavy atom. The number of aromatic nitrogens is 7. The van der Waals surface area contributed by atoms with Crippen molar-refractivity contribution in [3.05, 3.63) is 70.1 Å². The van der Waals surface area contributed by atoms with Crippen molar-refractivity contribution in [3.63, 3.8) is 0 Å². The normalized spacial score (nSPS) is 12.2. The highest BCUT2D eigenvalue weighted by molar-refractivity contribution is 5.83. The molecule has 4 aromatic heterocycles. The molecular formula is C22H20FN9O2. The lowest BCUT2D eigenvalue weighted by Gasteiger charge is -2.21. The van der Waals surface area contributed by atoms with Crippen molar-refractivity contribution in [1.29, 1.82) is 0 Å². The summed E-state index contributed by atoms with van der Waals surface area (Å²) in [6.07, 6.45) is 1.31. The molecule has 0 aliphatic heterocycles. The van der Waals surface area contributed by atoms with Crippen LogP contribution in [0.3, 0.4) is 0 Å². The third-order valence-electron chi connectivity index (χ3n) is 5.35. The smallest absolute Gasteiger partial charge is 0.264 e. The van der Waals surface area contributed by atoms with Gasteiger partial charge in [-0.25, -0.2) is 14.4 Å². The number of nitrogens with zero attached hydrogens (tertiary/aromatic N) is 6. The highest BCUT2D eigenvalue weighted by Crippen LogP contribution is 2.32. The summed E-state index contributed by atoms with van der Waals surface area (Å²) < 4.78 is 20.9. The van der Waals surface area contributed by atoms with Gasteiger partial charge in [0, 0.05) is 18.7 Å².